The molecule has 0 aromatic heterocycles. The van der Waals surface area contributed by atoms with E-state index >= 15 is 0 Å². The number of hydrogen-bond acceptors (Lipinski definition) is 4. The van der Waals surface area contributed by atoms with Crippen LogP contribution >= 0.6 is 0 Å². The molecule has 1 heterocycles. The molecular weight excluding hydrogens is 216 g/mol. The molecule has 0 aliphatic carbocycles. The van der Waals surface area contributed by atoms with E-state index in [1.54, 1.807) is 0 Å². The summed E-state index contributed by atoms with van der Waals surface area (Å²) in [6.45, 7) is 16.0. The summed E-state index contributed by atoms with van der Waals surface area (Å²) in [7, 11) is 0. The zero-order valence-electron chi connectivity index (χ0n) is 12.2. The average Bonchev–Trinajstić information content (AvgIpc) is 2.03. The molecule has 0 spiro atoms. The Balaban J connectivity index is 1.99. The van der Waals surface area contributed by atoms with E-state index in [9.17, 15) is 0 Å². The van der Waals surface area contributed by atoms with Crippen LogP contribution in [-0.4, -0.2) is 48.6 Å². The van der Waals surface area contributed by atoms with Gasteiger partial charge < -0.3 is 9.47 Å². The molecule has 1 N–H and O–H groups in total. The highest BCUT2D eigenvalue weighted by molar-refractivity contribution is 4.81. The zero-order chi connectivity index (χ0) is 13.1. The molecule has 0 atom stereocenters. The van der Waals surface area contributed by atoms with E-state index in [2.05, 4.69) is 52.0 Å². The van der Waals surface area contributed by atoms with Crippen LogP contribution in [0.2, 0.25) is 0 Å². The Morgan fingerprint density at radius 3 is 2.12 bits per heavy atom. The van der Waals surface area contributed by atoms with Crippen LogP contribution in [0, 0.1) is 0 Å². The van der Waals surface area contributed by atoms with E-state index in [0.717, 1.165) is 13.1 Å². The quantitative estimate of drug-likeness (QED) is 0.748. The van der Waals surface area contributed by atoms with Gasteiger partial charge >= 0.3 is 0 Å². The molecule has 17 heavy (non-hydrogen) atoms. The van der Waals surface area contributed by atoms with Crippen LogP contribution in [0.4, 0.5) is 0 Å². The Labute approximate surface area is 106 Å². The van der Waals surface area contributed by atoms with Gasteiger partial charge in [0.1, 0.15) is 0 Å². The first-order valence-electron chi connectivity index (χ1n) is 6.44. The lowest BCUT2D eigenvalue weighted by atomic mass is 10.1. The number of hydrazine groups is 1. The number of nitrogens with one attached hydrogen (secondary N) is 1. The van der Waals surface area contributed by atoms with Gasteiger partial charge in [-0.1, -0.05) is 0 Å². The van der Waals surface area contributed by atoms with E-state index in [1.807, 2.05) is 0 Å². The molecule has 0 saturated carbocycles. The standard InChI is InChI=1S/C13H28N2O2/c1-12(2,3)14-15-9-11(10-15)16-7-8-17-13(4,5)6/h11,14H,7-10H2,1-6H3. The van der Waals surface area contributed by atoms with Crippen LogP contribution in [-0.2, 0) is 9.47 Å². The van der Waals surface area contributed by atoms with Gasteiger partial charge in [0.2, 0.25) is 0 Å². The summed E-state index contributed by atoms with van der Waals surface area (Å²) < 4.78 is 11.3. The third kappa shape index (κ3) is 6.99. The molecule has 1 saturated heterocycles. The van der Waals surface area contributed by atoms with Crippen LogP contribution in [0.1, 0.15) is 41.5 Å². The second-order valence-corrected chi connectivity index (χ2v) is 6.72. The third-order valence-electron chi connectivity index (χ3n) is 2.31. The fraction of sp³-hybridized carbons (Fsp3) is 1.00. The van der Waals surface area contributed by atoms with Crippen LogP contribution < -0.4 is 5.43 Å². The van der Waals surface area contributed by atoms with Crippen LogP contribution in [0.3, 0.4) is 0 Å². The van der Waals surface area contributed by atoms with Gasteiger partial charge in [-0.05, 0) is 41.5 Å². The Bertz CT molecular complexity index is 225. The maximum atomic E-state index is 5.71. The molecule has 1 aliphatic rings. The molecule has 4 heteroatoms. The molecule has 0 unspecified atom stereocenters. The summed E-state index contributed by atoms with van der Waals surface area (Å²) in [5, 5.41) is 2.20. The van der Waals surface area contributed by atoms with Crippen molar-refractivity contribution in [3.8, 4) is 0 Å². The first-order chi connectivity index (χ1) is 7.66. The van der Waals surface area contributed by atoms with Crippen molar-refractivity contribution in [1.82, 2.24) is 10.4 Å². The van der Waals surface area contributed by atoms with Gasteiger partial charge in [-0.15, -0.1) is 0 Å². The minimum absolute atomic E-state index is 0.0667. The summed E-state index contributed by atoms with van der Waals surface area (Å²) in [5.41, 5.74) is 3.49. The first kappa shape index (κ1) is 14.9. The summed E-state index contributed by atoms with van der Waals surface area (Å²) in [6.07, 6.45) is 0.355. The lowest BCUT2D eigenvalue weighted by Gasteiger charge is -2.42. The minimum atomic E-state index is -0.0667. The van der Waals surface area contributed by atoms with Gasteiger partial charge in [-0.2, -0.15) is 0 Å². The number of rotatable bonds is 5. The van der Waals surface area contributed by atoms with Crippen molar-refractivity contribution in [3.05, 3.63) is 0 Å². The van der Waals surface area contributed by atoms with Gasteiger partial charge in [-0.25, -0.2) is 10.4 Å². The lowest BCUT2D eigenvalue weighted by molar-refractivity contribution is -0.111. The van der Waals surface area contributed by atoms with Gasteiger partial charge in [-0.3, -0.25) is 0 Å². The molecule has 0 aromatic rings. The van der Waals surface area contributed by atoms with E-state index < -0.39 is 0 Å². The second-order valence-electron chi connectivity index (χ2n) is 6.72. The fourth-order valence-electron chi connectivity index (χ4n) is 1.67. The van der Waals surface area contributed by atoms with Crippen molar-refractivity contribution >= 4 is 0 Å². The van der Waals surface area contributed by atoms with Crippen molar-refractivity contribution in [3.63, 3.8) is 0 Å². The van der Waals surface area contributed by atoms with Crippen molar-refractivity contribution in [2.75, 3.05) is 26.3 Å². The molecule has 0 aromatic carbocycles. The van der Waals surface area contributed by atoms with Crippen LogP contribution in [0.25, 0.3) is 0 Å². The zero-order valence-corrected chi connectivity index (χ0v) is 12.2. The normalized spacial score (nSPS) is 19.4. The number of hydrogen-bond donors (Lipinski definition) is 1. The molecule has 1 aliphatic heterocycles. The van der Waals surface area contributed by atoms with Gasteiger partial charge in [0.15, 0.2) is 0 Å². The Morgan fingerprint density at radius 1 is 1.06 bits per heavy atom. The van der Waals surface area contributed by atoms with Crippen molar-refractivity contribution < 1.29 is 9.47 Å². The molecule has 4 nitrogen and oxygen atoms in total. The predicted octanol–water partition coefficient (Wildman–Crippen LogP) is 1.81. The summed E-state index contributed by atoms with van der Waals surface area (Å²) >= 11 is 0. The van der Waals surface area contributed by atoms with Crippen LogP contribution in [0.15, 0.2) is 0 Å². The lowest BCUT2D eigenvalue weighted by Crippen LogP contribution is -2.62. The maximum Gasteiger partial charge on any atom is 0.0857 e. The highest BCUT2D eigenvalue weighted by Gasteiger charge is 2.29. The number of ether oxygens (including phenoxy) is 2. The van der Waals surface area contributed by atoms with E-state index in [0.29, 0.717) is 19.3 Å². The minimum Gasteiger partial charge on any atom is -0.373 e. The third-order valence-corrected chi connectivity index (χ3v) is 2.31. The Morgan fingerprint density at radius 2 is 1.65 bits per heavy atom. The Kier molecular flexibility index (Phi) is 4.95. The van der Waals surface area contributed by atoms with Crippen molar-refractivity contribution in [2.45, 2.75) is 58.8 Å². The molecule has 102 valence electrons. The molecule has 0 radical (unpaired) electrons. The molecule has 0 amide bonds. The van der Waals surface area contributed by atoms with Gasteiger partial charge in [0.25, 0.3) is 0 Å². The van der Waals surface area contributed by atoms with E-state index in [4.69, 9.17) is 9.47 Å². The topological polar surface area (TPSA) is 33.7 Å². The highest BCUT2D eigenvalue weighted by Crippen LogP contribution is 2.13. The van der Waals surface area contributed by atoms with Gasteiger partial charge in [0.05, 0.1) is 24.9 Å². The molecular formula is C13H28N2O2. The van der Waals surface area contributed by atoms with E-state index in [-0.39, 0.29) is 11.1 Å². The van der Waals surface area contributed by atoms with Crippen LogP contribution in [0.5, 0.6) is 0 Å². The first-order valence-corrected chi connectivity index (χ1v) is 6.44. The monoisotopic (exact) mass is 244 g/mol. The molecule has 1 fully saturated rings. The SMILES string of the molecule is CC(C)(C)NN1CC(OCCOC(C)(C)C)C1. The molecule has 0 bridgehead atoms. The molecule has 1 rings (SSSR count). The second kappa shape index (κ2) is 5.65. The summed E-state index contributed by atoms with van der Waals surface area (Å²) in [4.78, 5) is 0. The smallest absolute Gasteiger partial charge is 0.0857 e. The average molecular weight is 244 g/mol. The number of nitrogens with zero attached hydrogens (tertiary/aromatic N) is 1. The van der Waals surface area contributed by atoms with E-state index in [1.165, 1.54) is 0 Å². The Hall–Kier alpha value is -0.160. The largest absolute Gasteiger partial charge is 0.373 e. The van der Waals surface area contributed by atoms with Gasteiger partial charge in [0, 0.05) is 18.6 Å². The summed E-state index contributed by atoms with van der Waals surface area (Å²) in [6, 6.07) is 0. The fourth-order valence-corrected chi connectivity index (χ4v) is 1.67. The summed E-state index contributed by atoms with van der Waals surface area (Å²) in [5.74, 6) is 0. The predicted molar refractivity (Wildman–Crippen MR) is 69.9 cm³/mol. The van der Waals surface area contributed by atoms with Crippen molar-refractivity contribution in [2.24, 2.45) is 0 Å². The maximum absolute atomic E-state index is 5.71. The van der Waals surface area contributed by atoms with Crippen molar-refractivity contribution in [1.29, 1.82) is 0 Å². The highest BCUT2D eigenvalue weighted by atomic mass is 16.5.